The highest BCUT2D eigenvalue weighted by molar-refractivity contribution is 9.09. The van der Waals surface area contributed by atoms with E-state index >= 15 is 0 Å². The van der Waals surface area contributed by atoms with E-state index in [1.807, 2.05) is 0 Å². The predicted octanol–water partition coefficient (Wildman–Crippen LogP) is 0.915. The third-order valence-electron chi connectivity index (χ3n) is 5.24. The van der Waals surface area contributed by atoms with Crippen LogP contribution in [-0.4, -0.2) is 90.0 Å². The maximum absolute atomic E-state index is 11.9. The van der Waals surface area contributed by atoms with Gasteiger partial charge in [0.25, 0.3) is 0 Å². The van der Waals surface area contributed by atoms with Crippen molar-refractivity contribution in [1.82, 2.24) is 0 Å². The molecule has 36 heavy (non-hydrogen) atoms. The van der Waals surface area contributed by atoms with E-state index in [1.54, 1.807) is 13.8 Å². The number of hydrogen-bond donors (Lipinski definition) is 0. The van der Waals surface area contributed by atoms with E-state index < -0.39 is 90.0 Å². The normalized spacial score (nSPS) is 36.2. The second kappa shape index (κ2) is 12.8. The van der Waals surface area contributed by atoms with Crippen LogP contribution in [0.25, 0.3) is 0 Å². The van der Waals surface area contributed by atoms with Gasteiger partial charge in [-0.25, -0.2) is 0 Å². The second-order valence-corrected chi connectivity index (χ2v) is 9.28. The Labute approximate surface area is 216 Å². The molecule has 0 unspecified atom stereocenters. The summed E-state index contributed by atoms with van der Waals surface area (Å²) in [6, 6.07) is 0. The Morgan fingerprint density at radius 1 is 0.528 bits per heavy atom. The number of hydrogen-bond acceptors (Lipinski definition) is 13. The summed E-state index contributed by atoms with van der Waals surface area (Å²) in [5.74, 6) is -3.49. The van der Waals surface area contributed by atoms with Crippen LogP contribution in [0.2, 0.25) is 0 Å². The van der Waals surface area contributed by atoms with E-state index in [0.717, 1.165) is 20.8 Å². The minimum absolute atomic E-state index is 0.640. The number of carbonyl (C=O) groups excluding carboxylic acids is 5. The van der Waals surface area contributed by atoms with Gasteiger partial charge in [-0.05, 0) is 13.8 Å². The molecule has 0 spiro atoms. The van der Waals surface area contributed by atoms with Crippen molar-refractivity contribution < 1.29 is 61.9 Å². The molecule has 0 N–H and O–H groups in total. The Kier molecular flexibility index (Phi) is 10.6. The van der Waals surface area contributed by atoms with Crippen molar-refractivity contribution in [2.75, 3.05) is 0 Å². The first-order valence-electron chi connectivity index (χ1n) is 11.2. The summed E-state index contributed by atoms with van der Waals surface area (Å²) in [7, 11) is 0. The molecule has 0 saturated carbocycles. The molecule has 13 nitrogen and oxygen atoms in total. The molecule has 0 aromatic carbocycles. The predicted molar refractivity (Wildman–Crippen MR) is 120 cm³/mol. The minimum atomic E-state index is -1.40. The van der Waals surface area contributed by atoms with Crippen molar-refractivity contribution in [3.05, 3.63) is 0 Å². The van der Waals surface area contributed by atoms with Crippen LogP contribution < -0.4 is 0 Å². The molecular formula is C22H31BrO13. The lowest BCUT2D eigenvalue weighted by Crippen LogP contribution is -2.64. The van der Waals surface area contributed by atoms with E-state index in [2.05, 4.69) is 15.9 Å². The highest BCUT2D eigenvalue weighted by Gasteiger charge is 2.55. The van der Waals surface area contributed by atoms with E-state index in [0.29, 0.717) is 0 Å². The summed E-state index contributed by atoms with van der Waals surface area (Å²) in [6.45, 7) is 8.95. The average Bonchev–Trinajstić information content (AvgIpc) is 2.71. The molecular weight excluding hydrogens is 552 g/mol. The van der Waals surface area contributed by atoms with Gasteiger partial charge in [0.2, 0.25) is 0 Å². The van der Waals surface area contributed by atoms with E-state index in [1.165, 1.54) is 13.8 Å². The number of esters is 5. The summed E-state index contributed by atoms with van der Waals surface area (Å²) in [5.41, 5.74) is 0. The minimum Gasteiger partial charge on any atom is -0.456 e. The molecule has 204 valence electrons. The van der Waals surface area contributed by atoms with Crippen LogP contribution in [0.5, 0.6) is 0 Å². The lowest BCUT2D eigenvalue weighted by atomic mass is 9.97. The largest absolute Gasteiger partial charge is 0.456 e. The first-order valence-corrected chi connectivity index (χ1v) is 12.1. The Hall–Kier alpha value is -2.29. The van der Waals surface area contributed by atoms with Crippen molar-refractivity contribution in [3.63, 3.8) is 0 Å². The Morgan fingerprint density at radius 3 is 1.28 bits per heavy atom. The number of rotatable bonds is 7. The van der Waals surface area contributed by atoms with Crippen LogP contribution >= 0.6 is 15.9 Å². The van der Waals surface area contributed by atoms with Gasteiger partial charge in [0.15, 0.2) is 36.8 Å². The van der Waals surface area contributed by atoms with Gasteiger partial charge in [0, 0.05) is 34.6 Å². The zero-order valence-electron chi connectivity index (χ0n) is 21.0. The van der Waals surface area contributed by atoms with Crippen LogP contribution in [0.15, 0.2) is 0 Å². The van der Waals surface area contributed by atoms with Crippen molar-refractivity contribution in [2.45, 2.75) is 109 Å². The van der Waals surface area contributed by atoms with Crippen molar-refractivity contribution >= 4 is 45.8 Å². The maximum atomic E-state index is 11.9. The van der Waals surface area contributed by atoms with Gasteiger partial charge in [-0.2, -0.15) is 0 Å². The van der Waals surface area contributed by atoms with Crippen LogP contribution in [0.3, 0.4) is 0 Å². The van der Waals surface area contributed by atoms with Gasteiger partial charge in [0.05, 0.1) is 12.2 Å². The monoisotopic (exact) mass is 582 g/mol. The number of halogens is 1. The molecule has 2 rings (SSSR count). The molecule has 2 saturated heterocycles. The van der Waals surface area contributed by atoms with Crippen molar-refractivity contribution in [3.8, 4) is 0 Å². The Bertz CT molecular complexity index is 848. The highest BCUT2D eigenvalue weighted by atomic mass is 79.9. The summed E-state index contributed by atoms with van der Waals surface area (Å²) in [4.78, 5) is 59.1. The lowest BCUT2D eigenvalue weighted by molar-refractivity contribution is -0.331. The summed E-state index contributed by atoms with van der Waals surface area (Å²) in [5, 5.41) is -0.890. The van der Waals surface area contributed by atoms with Crippen LogP contribution in [0.1, 0.15) is 48.5 Å². The van der Waals surface area contributed by atoms with Gasteiger partial charge in [-0.1, -0.05) is 15.9 Å². The molecule has 0 aliphatic carbocycles. The van der Waals surface area contributed by atoms with Gasteiger partial charge >= 0.3 is 29.8 Å². The zero-order chi connectivity index (χ0) is 27.3. The third kappa shape index (κ3) is 7.85. The molecule has 2 fully saturated rings. The number of alkyl halides is 1. The molecule has 2 aliphatic heterocycles. The first-order chi connectivity index (χ1) is 16.7. The number of ether oxygens (including phenoxy) is 8. The lowest BCUT2D eigenvalue weighted by Gasteiger charge is -2.47. The summed E-state index contributed by atoms with van der Waals surface area (Å²) >= 11 is 3.33. The Balaban J connectivity index is 2.46. The average molecular weight is 583 g/mol. The van der Waals surface area contributed by atoms with Gasteiger partial charge in [0.1, 0.15) is 11.1 Å². The quantitative estimate of drug-likeness (QED) is 0.237. The molecule has 10 atom stereocenters. The third-order valence-corrected chi connectivity index (χ3v) is 5.98. The van der Waals surface area contributed by atoms with Crippen LogP contribution in [0.4, 0.5) is 0 Å². The second-order valence-electron chi connectivity index (χ2n) is 8.37. The highest BCUT2D eigenvalue weighted by Crippen LogP contribution is 2.36. The fourth-order valence-corrected chi connectivity index (χ4v) is 4.78. The van der Waals surface area contributed by atoms with Crippen LogP contribution in [-0.2, 0) is 61.9 Å². The molecule has 14 heteroatoms. The Morgan fingerprint density at radius 2 is 0.861 bits per heavy atom. The SMILES string of the molecule is CC(=O)O[C@@H]1[C@@H](OC(C)=O)[C@H](C)O[C@@H](O[C@H]2[C@H](OC(C)=O)[C@@H](OC(C)=O)[C@H](C)O[C@H]2Br)[C@@H]1OC(C)=O. The molecule has 2 heterocycles. The molecule has 0 radical (unpaired) electrons. The van der Waals surface area contributed by atoms with E-state index in [4.69, 9.17) is 37.9 Å². The van der Waals surface area contributed by atoms with Gasteiger partial charge < -0.3 is 37.9 Å². The molecule has 0 bridgehead atoms. The van der Waals surface area contributed by atoms with Crippen LogP contribution in [0, 0.1) is 0 Å². The maximum Gasteiger partial charge on any atom is 0.303 e. The fraction of sp³-hybridized carbons (Fsp3) is 0.773. The topological polar surface area (TPSA) is 159 Å². The van der Waals surface area contributed by atoms with Gasteiger partial charge in [-0.3, -0.25) is 24.0 Å². The van der Waals surface area contributed by atoms with Crippen molar-refractivity contribution in [1.29, 1.82) is 0 Å². The van der Waals surface area contributed by atoms with Gasteiger partial charge in [-0.15, -0.1) is 0 Å². The summed E-state index contributed by atoms with van der Waals surface area (Å²) < 4.78 is 44.6. The first kappa shape index (κ1) is 29.9. The van der Waals surface area contributed by atoms with Crippen molar-refractivity contribution in [2.24, 2.45) is 0 Å². The van der Waals surface area contributed by atoms with E-state index in [9.17, 15) is 24.0 Å². The molecule has 0 amide bonds. The zero-order valence-corrected chi connectivity index (χ0v) is 22.5. The molecule has 2 aliphatic rings. The number of carbonyl (C=O) groups is 5. The van der Waals surface area contributed by atoms with E-state index in [-0.39, 0.29) is 0 Å². The summed E-state index contributed by atoms with van der Waals surface area (Å²) in [6.07, 6.45) is -10.1. The molecule has 0 aromatic rings. The molecule has 0 aromatic heterocycles. The fourth-order valence-electron chi connectivity index (χ4n) is 4.02. The standard InChI is InChI=1S/C22H31BrO13/c1-8-15(31-10(3)24)17(33-12(5)26)19(21(23)29-8)36-22-20(35-14(7)28)18(34-13(6)27)16(9(2)30-22)32-11(4)25/h8-9,15-22H,1-7H3/t8-,9-,15-,16-,17+,18+,19-,20+,21+,22-/m0/s1. The smallest absolute Gasteiger partial charge is 0.303 e.